The van der Waals surface area contributed by atoms with E-state index in [4.69, 9.17) is 19.7 Å². The molecule has 5 aliphatic heterocycles. The van der Waals surface area contributed by atoms with Crippen LogP contribution >= 0.6 is 0 Å². The van der Waals surface area contributed by atoms with Crippen molar-refractivity contribution < 1.29 is 19.4 Å². The average molecular weight is 539 g/mol. The minimum absolute atomic E-state index is 0.0247. The van der Waals surface area contributed by atoms with Crippen LogP contribution in [-0.2, 0) is 14.3 Å². The maximum absolute atomic E-state index is 12.2. The molecule has 5 aliphatic rings. The fourth-order valence-electron chi connectivity index (χ4n) is 5.86. The Morgan fingerprint density at radius 2 is 1.68 bits per heavy atom. The number of allylic oxidation sites excluding steroid dienone is 12. The van der Waals surface area contributed by atoms with Crippen LogP contribution in [0.3, 0.4) is 0 Å². The molecule has 2 N–H and O–H groups in total. The predicted octanol–water partition coefficient (Wildman–Crippen LogP) is 5.67. The van der Waals surface area contributed by atoms with Crippen LogP contribution in [0.2, 0.25) is 0 Å². The lowest BCUT2D eigenvalue weighted by molar-refractivity contribution is -0.140. The Labute approximate surface area is 234 Å². The van der Waals surface area contributed by atoms with Crippen molar-refractivity contribution in [2.45, 2.75) is 53.9 Å². The molecule has 0 aromatic heterocycles. The fraction of sp³-hybridized carbons (Fsp3) is 0.344. The summed E-state index contributed by atoms with van der Waals surface area (Å²) >= 11 is 0. The summed E-state index contributed by atoms with van der Waals surface area (Å²) in [6, 6.07) is 0. The second-order valence-corrected chi connectivity index (χ2v) is 10.6. The van der Waals surface area contributed by atoms with E-state index in [0.717, 1.165) is 69.8 Å². The number of aldehydes is 1. The summed E-state index contributed by atoms with van der Waals surface area (Å²) in [7, 11) is 1.39. The van der Waals surface area contributed by atoms with Crippen LogP contribution < -0.4 is 5.32 Å². The molecule has 1 fully saturated rings. The molecule has 5 rings (SSSR count). The number of aliphatic imine (C=N–C) groups is 3. The molecule has 206 valence electrons. The van der Waals surface area contributed by atoms with Gasteiger partial charge in [-0.25, -0.2) is 15.0 Å². The Hall–Kier alpha value is -4.33. The van der Waals surface area contributed by atoms with Gasteiger partial charge in [-0.3, -0.25) is 9.59 Å². The summed E-state index contributed by atoms with van der Waals surface area (Å²) in [5.41, 5.74) is 11.1. The van der Waals surface area contributed by atoms with Gasteiger partial charge in [0.25, 0.3) is 0 Å². The lowest BCUT2D eigenvalue weighted by Crippen LogP contribution is -2.13. The van der Waals surface area contributed by atoms with Gasteiger partial charge in [0, 0.05) is 40.8 Å². The summed E-state index contributed by atoms with van der Waals surface area (Å²) in [4.78, 5) is 39.0. The molecule has 8 bridgehead atoms. The van der Waals surface area contributed by atoms with Crippen molar-refractivity contribution in [3.8, 4) is 0 Å². The number of carbonyl (C=O) groups excluding carboxylic acids is 2. The molecule has 8 heteroatoms. The Morgan fingerprint density at radius 3 is 2.35 bits per heavy atom. The molecule has 0 aromatic carbocycles. The first-order chi connectivity index (χ1) is 19.2. The van der Waals surface area contributed by atoms with Gasteiger partial charge in [0.05, 0.1) is 47.6 Å². The largest absolute Gasteiger partial charge is 0.515 e. The van der Waals surface area contributed by atoms with Gasteiger partial charge in [0.2, 0.25) is 0 Å². The summed E-state index contributed by atoms with van der Waals surface area (Å²) in [5.74, 6) is -0.259. The highest BCUT2D eigenvalue weighted by atomic mass is 16.5. The number of aliphatic hydroxyl groups is 1. The molecule has 2 atom stereocenters. The number of fused-ring (bicyclic) bond motifs is 5. The molecule has 40 heavy (non-hydrogen) atoms. The molecular formula is C32H34N4O4. The Kier molecular flexibility index (Phi) is 7.27. The van der Waals surface area contributed by atoms with Crippen molar-refractivity contribution in [3.63, 3.8) is 0 Å². The first-order valence-electron chi connectivity index (χ1n) is 13.6. The number of ether oxygens (including phenoxy) is 1. The minimum Gasteiger partial charge on any atom is -0.515 e. The molecule has 0 aromatic rings. The van der Waals surface area contributed by atoms with E-state index in [9.17, 15) is 14.7 Å². The first kappa shape index (κ1) is 27.2. The molecule has 1 saturated heterocycles. The maximum Gasteiger partial charge on any atom is 0.305 e. The van der Waals surface area contributed by atoms with Crippen molar-refractivity contribution in [3.05, 3.63) is 92.5 Å². The highest BCUT2D eigenvalue weighted by molar-refractivity contribution is 6.24. The second kappa shape index (κ2) is 10.7. The third-order valence-corrected chi connectivity index (χ3v) is 8.40. The number of carbonyl (C=O) groups is 2. The summed E-state index contributed by atoms with van der Waals surface area (Å²) in [6.07, 6.45) is 11.4. The predicted molar refractivity (Wildman–Crippen MR) is 157 cm³/mol. The number of aliphatic hydroxyl groups excluding tert-OH is 1. The average Bonchev–Trinajstić information content (AvgIpc) is 3.60. The minimum atomic E-state index is -0.268. The third-order valence-electron chi connectivity index (χ3n) is 8.40. The molecule has 0 aliphatic carbocycles. The van der Waals surface area contributed by atoms with Crippen molar-refractivity contribution in [1.29, 1.82) is 0 Å². The van der Waals surface area contributed by atoms with Crippen LogP contribution in [-0.4, -0.2) is 41.6 Å². The van der Waals surface area contributed by atoms with E-state index < -0.39 is 0 Å². The Balaban J connectivity index is 1.74. The zero-order valence-corrected chi connectivity index (χ0v) is 23.8. The molecule has 5 heterocycles. The van der Waals surface area contributed by atoms with Crippen LogP contribution in [0.4, 0.5) is 0 Å². The van der Waals surface area contributed by atoms with E-state index in [0.29, 0.717) is 34.7 Å². The summed E-state index contributed by atoms with van der Waals surface area (Å²) in [5, 5.41) is 13.7. The number of hydrogen-bond acceptors (Lipinski definition) is 8. The third kappa shape index (κ3) is 4.57. The van der Waals surface area contributed by atoms with Gasteiger partial charge in [-0.15, -0.1) is 0 Å². The van der Waals surface area contributed by atoms with E-state index >= 15 is 0 Å². The van der Waals surface area contributed by atoms with Gasteiger partial charge >= 0.3 is 5.97 Å². The van der Waals surface area contributed by atoms with Gasteiger partial charge in [-0.1, -0.05) is 13.8 Å². The summed E-state index contributed by atoms with van der Waals surface area (Å²) < 4.78 is 4.90. The quantitative estimate of drug-likeness (QED) is 0.266. The normalized spacial score (nSPS) is 24.9. The zero-order chi connectivity index (χ0) is 28.7. The monoisotopic (exact) mass is 538 g/mol. The number of esters is 1. The second-order valence-electron chi connectivity index (χ2n) is 10.6. The van der Waals surface area contributed by atoms with Crippen LogP contribution in [0.15, 0.2) is 107 Å². The SMILES string of the molecule is CCC1=C(C)C2=CC3=NC(=C(C)/C3=C/O)C=C3NC(=CC4=NC(=CC1=N2)C(C)=C4C=O)[C@@H](CCC(=O)OC)[C@@H]3C. The van der Waals surface area contributed by atoms with Crippen molar-refractivity contribution >= 4 is 29.4 Å². The number of hydrogen-bond donors (Lipinski definition) is 2. The fourth-order valence-corrected chi connectivity index (χ4v) is 5.86. The molecule has 0 saturated carbocycles. The van der Waals surface area contributed by atoms with E-state index in [1.165, 1.54) is 7.11 Å². The molecule has 0 radical (unpaired) electrons. The van der Waals surface area contributed by atoms with Gasteiger partial charge in [0.15, 0.2) is 6.29 Å². The number of nitrogens with one attached hydrogen (secondary N) is 1. The molecule has 8 nitrogen and oxygen atoms in total. The molecule has 0 spiro atoms. The highest BCUT2D eigenvalue weighted by Gasteiger charge is 2.35. The Bertz CT molecular complexity index is 1570. The van der Waals surface area contributed by atoms with E-state index in [-0.39, 0.29) is 24.2 Å². The lowest BCUT2D eigenvalue weighted by Gasteiger charge is -2.15. The van der Waals surface area contributed by atoms with E-state index in [1.807, 2.05) is 45.1 Å². The van der Waals surface area contributed by atoms with Crippen LogP contribution in [0.5, 0.6) is 0 Å². The van der Waals surface area contributed by atoms with E-state index in [2.05, 4.69) is 19.2 Å². The van der Waals surface area contributed by atoms with Gasteiger partial charge in [0.1, 0.15) is 0 Å². The topological polar surface area (TPSA) is 113 Å². The number of rotatable bonds is 5. The molecule has 0 unspecified atom stereocenters. The smallest absolute Gasteiger partial charge is 0.305 e. The maximum atomic E-state index is 12.2. The van der Waals surface area contributed by atoms with Crippen molar-refractivity contribution in [2.75, 3.05) is 7.11 Å². The molecular weight excluding hydrogens is 504 g/mol. The van der Waals surface area contributed by atoms with Crippen molar-refractivity contribution in [2.24, 2.45) is 26.8 Å². The van der Waals surface area contributed by atoms with Crippen LogP contribution in [0, 0.1) is 11.8 Å². The van der Waals surface area contributed by atoms with Crippen LogP contribution in [0.1, 0.15) is 53.9 Å². The van der Waals surface area contributed by atoms with Crippen molar-refractivity contribution in [1.82, 2.24) is 5.32 Å². The van der Waals surface area contributed by atoms with Gasteiger partial charge < -0.3 is 15.2 Å². The first-order valence-corrected chi connectivity index (χ1v) is 13.6. The highest BCUT2D eigenvalue weighted by Crippen LogP contribution is 2.40. The Morgan fingerprint density at radius 1 is 0.975 bits per heavy atom. The summed E-state index contributed by atoms with van der Waals surface area (Å²) in [6.45, 7) is 10.1. The standard InChI is InChI=1S/C32H34N4O4/c1-7-20-16(2)26-12-30-22(14-37)18(4)25(35-30)10-24-17(3)21(8-9-32(39)40-6)29(34-24)13-31-23(15-38)19(5)27(36-31)11-28(20)33-26/h10-15,17,21,34,37H,7-9H2,1-6H3/b22-14-,24-10?,26-12?,27-11?,29-13?/t17-,21-/m0/s1. The van der Waals surface area contributed by atoms with Crippen LogP contribution in [0.25, 0.3) is 0 Å². The van der Waals surface area contributed by atoms with E-state index in [1.54, 1.807) is 0 Å². The number of nitrogens with zero attached hydrogens (tertiary/aromatic N) is 3. The lowest BCUT2D eigenvalue weighted by atomic mass is 9.88. The number of methoxy groups -OCH3 is 1. The van der Waals surface area contributed by atoms with Gasteiger partial charge in [-0.05, 0) is 80.2 Å². The zero-order valence-electron chi connectivity index (χ0n) is 23.8. The van der Waals surface area contributed by atoms with Gasteiger partial charge in [-0.2, -0.15) is 0 Å². The molecule has 0 amide bonds.